The minimum absolute atomic E-state index is 0.0106. The van der Waals surface area contributed by atoms with Crippen molar-refractivity contribution in [1.82, 2.24) is 10.3 Å². The number of halogens is 3. The average molecular weight is 402 g/mol. The highest BCUT2D eigenvalue weighted by Gasteiger charge is 2.39. The second-order valence-electron chi connectivity index (χ2n) is 7.98. The molecule has 7 nitrogen and oxygen atoms in total. The third-order valence-corrected chi connectivity index (χ3v) is 4.46. The Labute approximate surface area is 161 Å². The van der Waals surface area contributed by atoms with Crippen molar-refractivity contribution in [2.45, 2.75) is 64.8 Å². The van der Waals surface area contributed by atoms with Crippen LogP contribution in [-0.2, 0) is 0 Å². The molecular weight excluding hydrogens is 377 g/mol. The van der Waals surface area contributed by atoms with Gasteiger partial charge in [0.25, 0.3) is 5.91 Å². The Balaban J connectivity index is 2.30. The van der Waals surface area contributed by atoms with Gasteiger partial charge in [-0.25, -0.2) is 0 Å². The third kappa shape index (κ3) is 5.26. The minimum Gasteiger partial charge on any atom is -0.481 e. The summed E-state index contributed by atoms with van der Waals surface area (Å²) in [6, 6.07) is 0.394. The van der Waals surface area contributed by atoms with Crippen LogP contribution in [0.3, 0.4) is 0 Å². The predicted molar refractivity (Wildman–Crippen MR) is 96.5 cm³/mol. The van der Waals surface area contributed by atoms with Gasteiger partial charge in [-0.2, -0.15) is 13.2 Å². The van der Waals surface area contributed by atoms with Crippen LogP contribution in [-0.4, -0.2) is 40.3 Å². The van der Waals surface area contributed by atoms with Gasteiger partial charge in [-0.1, -0.05) is 25.9 Å². The lowest BCUT2D eigenvalue weighted by atomic mass is 9.86. The molecule has 0 radical (unpaired) electrons. The van der Waals surface area contributed by atoms with E-state index in [0.717, 1.165) is 19.8 Å². The number of amidine groups is 1. The van der Waals surface area contributed by atoms with Crippen LogP contribution in [0.5, 0.6) is 5.75 Å². The van der Waals surface area contributed by atoms with Crippen molar-refractivity contribution in [1.29, 1.82) is 0 Å². The Hall–Kier alpha value is -2.52. The molecule has 28 heavy (non-hydrogen) atoms. The highest BCUT2D eigenvalue weighted by molar-refractivity contribution is 5.97. The van der Waals surface area contributed by atoms with Crippen molar-refractivity contribution in [3.63, 3.8) is 0 Å². The van der Waals surface area contributed by atoms with E-state index in [0.29, 0.717) is 5.56 Å². The average Bonchev–Trinajstić information content (AvgIpc) is 3.41. The Morgan fingerprint density at radius 1 is 1.39 bits per heavy atom. The second kappa shape index (κ2) is 7.84. The lowest BCUT2D eigenvalue weighted by Gasteiger charge is -2.30. The molecule has 0 bridgehead atoms. The number of hydrogen-bond acceptors (Lipinski definition) is 5. The number of nitrogens with zero attached hydrogens (tertiary/aromatic N) is 2. The first kappa shape index (κ1) is 21.8. The molecule has 1 aromatic rings. The molecule has 0 aromatic carbocycles. The van der Waals surface area contributed by atoms with Gasteiger partial charge in [-0.3, -0.25) is 9.78 Å². The summed E-state index contributed by atoms with van der Waals surface area (Å²) in [6.45, 7) is 6.24. The molecule has 4 N–H and O–H groups in total. The zero-order chi connectivity index (χ0) is 21.3. The molecule has 2 unspecified atom stereocenters. The summed E-state index contributed by atoms with van der Waals surface area (Å²) in [4.78, 5) is 16.7. The first-order valence-corrected chi connectivity index (χ1v) is 8.86. The van der Waals surface area contributed by atoms with Crippen molar-refractivity contribution < 1.29 is 27.9 Å². The molecule has 1 fully saturated rings. The number of oxime groups is 1. The largest absolute Gasteiger partial charge is 0.481 e. The topological polar surface area (TPSA) is 110 Å². The number of nitrogens with one attached hydrogen (secondary N) is 1. The zero-order valence-corrected chi connectivity index (χ0v) is 16.2. The zero-order valence-electron chi connectivity index (χ0n) is 16.2. The van der Waals surface area contributed by atoms with Gasteiger partial charge in [0, 0.05) is 17.8 Å². The van der Waals surface area contributed by atoms with E-state index >= 15 is 0 Å². The Morgan fingerprint density at radius 3 is 2.46 bits per heavy atom. The number of carbonyl (C=O) groups excluding carboxylic acids is 1. The molecule has 1 amide bonds. The number of aromatic nitrogens is 1. The SMILES string of the molecule is CC(Oc1cc(C(=O)NC(C(N)=NO)C(C)(C)C)ncc1C1CC1)C(F)(F)F. The molecule has 2 atom stereocenters. The molecule has 10 heteroatoms. The van der Waals surface area contributed by atoms with E-state index < -0.39 is 29.6 Å². The van der Waals surface area contributed by atoms with Crippen molar-refractivity contribution in [3.8, 4) is 5.75 Å². The van der Waals surface area contributed by atoms with Gasteiger partial charge in [0.05, 0.1) is 6.04 Å². The van der Waals surface area contributed by atoms with Crippen molar-refractivity contribution in [2.75, 3.05) is 0 Å². The number of amides is 1. The fourth-order valence-corrected chi connectivity index (χ4v) is 2.63. The maximum atomic E-state index is 12.9. The van der Waals surface area contributed by atoms with Gasteiger partial charge >= 0.3 is 6.18 Å². The van der Waals surface area contributed by atoms with Crippen LogP contribution < -0.4 is 15.8 Å². The van der Waals surface area contributed by atoms with Crippen LogP contribution >= 0.6 is 0 Å². The highest BCUT2D eigenvalue weighted by atomic mass is 19.4. The number of ether oxygens (including phenoxy) is 1. The quantitative estimate of drug-likeness (QED) is 0.293. The molecule has 156 valence electrons. The maximum absolute atomic E-state index is 12.9. The summed E-state index contributed by atoms with van der Waals surface area (Å²) in [5.74, 6) is -0.792. The fourth-order valence-electron chi connectivity index (χ4n) is 2.63. The van der Waals surface area contributed by atoms with Gasteiger partial charge < -0.3 is 21.0 Å². The van der Waals surface area contributed by atoms with E-state index in [-0.39, 0.29) is 23.2 Å². The Morgan fingerprint density at radius 2 is 2.00 bits per heavy atom. The lowest BCUT2D eigenvalue weighted by molar-refractivity contribution is -0.189. The van der Waals surface area contributed by atoms with Crippen LogP contribution in [0, 0.1) is 5.41 Å². The van der Waals surface area contributed by atoms with Crippen LogP contribution in [0.15, 0.2) is 17.4 Å². The molecule has 1 saturated carbocycles. The summed E-state index contributed by atoms with van der Waals surface area (Å²) in [5, 5.41) is 14.5. The lowest BCUT2D eigenvalue weighted by Crippen LogP contribution is -2.52. The van der Waals surface area contributed by atoms with E-state index in [9.17, 15) is 18.0 Å². The predicted octanol–water partition coefficient (Wildman–Crippen LogP) is 3.18. The molecule has 1 aliphatic rings. The molecule has 0 spiro atoms. The van der Waals surface area contributed by atoms with Crippen molar-refractivity contribution in [3.05, 3.63) is 23.5 Å². The van der Waals surface area contributed by atoms with Crippen molar-refractivity contribution in [2.24, 2.45) is 16.3 Å². The smallest absolute Gasteiger partial charge is 0.425 e. The summed E-state index contributed by atoms with van der Waals surface area (Å²) in [7, 11) is 0. The standard InChI is InChI=1S/C18H25F3N4O3/c1-9(18(19,20)21)28-13-7-12(23-8-11(13)10-5-6-10)16(26)24-14(15(22)25-27)17(2,3)4/h7-10,14,27H,5-6H2,1-4H3,(H2,22,25)(H,24,26). The monoisotopic (exact) mass is 402 g/mol. The van der Waals surface area contributed by atoms with Gasteiger partial charge in [0.2, 0.25) is 0 Å². The van der Waals surface area contributed by atoms with Gasteiger partial charge in [-0.05, 0) is 31.1 Å². The maximum Gasteiger partial charge on any atom is 0.425 e. The number of hydrogen-bond donors (Lipinski definition) is 3. The molecule has 2 rings (SSSR count). The number of rotatable bonds is 6. The van der Waals surface area contributed by atoms with Crippen LogP contribution in [0.4, 0.5) is 13.2 Å². The molecule has 0 saturated heterocycles. The summed E-state index contributed by atoms with van der Waals surface area (Å²) in [5.41, 5.74) is 5.52. The number of alkyl halides is 3. The van der Waals surface area contributed by atoms with E-state index in [1.807, 2.05) is 0 Å². The third-order valence-electron chi connectivity index (χ3n) is 4.46. The molecular formula is C18H25F3N4O3. The number of nitrogens with two attached hydrogens (primary N) is 1. The van der Waals surface area contributed by atoms with E-state index in [4.69, 9.17) is 15.7 Å². The van der Waals surface area contributed by atoms with Crippen LogP contribution in [0.2, 0.25) is 0 Å². The summed E-state index contributed by atoms with van der Waals surface area (Å²) >= 11 is 0. The van der Waals surface area contributed by atoms with E-state index in [2.05, 4.69) is 15.5 Å². The second-order valence-corrected chi connectivity index (χ2v) is 7.98. The van der Waals surface area contributed by atoms with Gasteiger partial charge in [-0.15, -0.1) is 0 Å². The summed E-state index contributed by atoms with van der Waals surface area (Å²) in [6.07, 6.45) is -3.52. The molecule has 0 aliphatic heterocycles. The summed E-state index contributed by atoms with van der Waals surface area (Å²) < 4.78 is 43.8. The molecule has 1 heterocycles. The van der Waals surface area contributed by atoms with Gasteiger partial charge in [0.1, 0.15) is 11.4 Å². The van der Waals surface area contributed by atoms with Crippen molar-refractivity contribution >= 4 is 11.7 Å². The molecule has 1 aromatic heterocycles. The van der Waals surface area contributed by atoms with Crippen LogP contribution in [0.1, 0.15) is 62.5 Å². The minimum atomic E-state index is -4.53. The van der Waals surface area contributed by atoms with Crippen LogP contribution in [0.25, 0.3) is 0 Å². The fraction of sp³-hybridized carbons (Fsp3) is 0.611. The van der Waals surface area contributed by atoms with E-state index in [1.54, 1.807) is 20.8 Å². The first-order chi connectivity index (χ1) is 12.8. The highest BCUT2D eigenvalue weighted by Crippen LogP contribution is 2.44. The van der Waals surface area contributed by atoms with E-state index in [1.165, 1.54) is 12.3 Å². The normalized spacial score (nSPS) is 17.8. The Bertz CT molecular complexity index is 755. The van der Waals surface area contributed by atoms with Gasteiger partial charge in [0.15, 0.2) is 11.9 Å². The number of pyridine rings is 1. The number of carbonyl (C=O) groups is 1. The first-order valence-electron chi connectivity index (χ1n) is 8.86. The Kier molecular flexibility index (Phi) is 6.10. The molecule has 1 aliphatic carbocycles.